The highest BCUT2D eigenvalue weighted by molar-refractivity contribution is 7.21. The number of anilines is 3. The van der Waals surface area contributed by atoms with Crippen LogP contribution in [-0.2, 0) is 0 Å². The Morgan fingerprint density at radius 1 is 0.382 bits per heavy atom. The smallest absolute Gasteiger partial charge is 0.137 e. The van der Waals surface area contributed by atoms with Gasteiger partial charge in [-0.05, 0) is 98.4 Å². The van der Waals surface area contributed by atoms with Crippen molar-refractivity contribution in [2.75, 3.05) is 4.90 Å². The maximum absolute atomic E-state index is 6.37. The summed E-state index contributed by atoms with van der Waals surface area (Å²) in [4.78, 5) is 7.30. The molecule has 0 aliphatic heterocycles. The fraction of sp³-hybridized carbons (Fsp3) is 0. The minimum Gasteiger partial charge on any atom is -0.456 e. The number of fused-ring (bicyclic) bond motifs is 7. The molecule has 0 bridgehead atoms. The molecule has 9 aromatic carbocycles. The molecule has 0 radical (unpaired) electrons. The van der Waals surface area contributed by atoms with Crippen molar-refractivity contribution in [2.24, 2.45) is 0 Å². The summed E-state index contributed by atoms with van der Waals surface area (Å²) in [7, 11) is 0. The van der Waals surface area contributed by atoms with Gasteiger partial charge in [0.2, 0.25) is 0 Å². The number of rotatable bonds is 6. The van der Waals surface area contributed by atoms with Crippen LogP contribution in [0.5, 0.6) is 0 Å². The molecule has 0 atom stereocenters. The van der Waals surface area contributed by atoms with Crippen molar-refractivity contribution < 1.29 is 4.42 Å². The number of furan rings is 1. The fourth-order valence-corrected chi connectivity index (χ4v) is 8.92. The van der Waals surface area contributed by atoms with Gasteiger partial charge >= 0.3 is 0 Å². The average Bonchev–Trinajstić information content (AvgIpc) is 3.84. The molecule has 0 saturated carbocycles. The summed E-state index contributed by atoms with van der Waals surface area (Å²) in [6.45, 7) is 0. The first-order valence-corrected chi connectivity index (χ1v) is 19.3. The molecule has 0 aliphatic rings. The van der Waals surface area contributed by atoms with Crippen LogP contribution in [0, 0.1) is 0 Å². The van der Waals surface area contributed by atoms with Crippen molar-refractivity contribution in [3.05, 3.63) is 194 Å². The molecule has 0 saturated heterocycles. The van der Waals surface area contributed by atoms with Crippen LogP contribution in [0.3, 0.4) is 0 Å². The highest BCUT2D eigenvalue weighted by Crippen LogP contribution is 2.41. The summed E-state index contributed by atoms with van der Waals surface area (Å²) >= 11 is 1.72. The second-order valence-corrected chi connectivity index (χ2v) is 15.0. The topological polar surface area (TPSA) is 29.3 Å². The number of benzene rings is 9. The van der Waals surface area contributed by atoms with E-state index < -0.39 is 0 Å². The lowest BCUT2D eigenvalue weighted by Crippen LogP contribution is -2.10. The van der Waals surface area contributed by atoms with Crippen LogP contribution in [0.1, 0.15) is 0 Å². The number of hydrogen-bond acceptors (Lipinski definition) is 4. The summed E-state index contributed by atoms with van der Waals surface area (Å²) in [6.07, 6.45) is 0. The van der Waals surface area contributed by atoms with Crippen molar-refractivity contribution in [1.29, 1.82) is 0 Å². The Labute approximate surface area is 322 Å². The predicted molar refractivity (Wildman–Crippen MR) is 233 cm³/mol. The first-order chi connectivity index (χ1) is 27.2. The Morgan fingerprint density at radius 3 is 1.87 bits per heavy atom. The van der Waals surface area contributed by atoms with Gasteiger partial charge in [0, 0.05) is 39.5 Å². The standard InChI is InChI=1S/C51H32N2OS/c1-3-10-33(11-4-1)37-15-9-16-41(28-37)53(42-25-26-44-39(29-42)19-18-35-12-7-8-17-43(35)44)40-23-20-34(21-24-40)38-22-27-48-45(30-38)46-31-50-47(32-49(46)54-48)52-51(55-50)36-13-5-2-6-14-36/h1-32H. The van der Waals surface area contributed by atoms with E-state index >= 15 is 0 Å². The number of nitrogens with zero attached hydrogens (tertiary/aromatic N) is 2. The van der Waals surface area contributed by atoms with Crippen LogP contribution in [0.15, 0.2) is 199 Å². The first kappa shape index (κ1) is 31.5. The molecule has 55 heavy (non-hydrogen) atoms. The summed E-state index contributed by atoms with van der Waals surface area (Å²) in [5.41, 5.74) is 11.8. The predicted octanol–water partition coefficient (Wildman–Crippen LogP) is 15.0. The Bertz CT molecular complexity index is 3200. The molecule has 0 aliphatic carbocycles. The van der Waals surface area contributed by atoms with Crippen LogP contribution in [0.25, 0.3) is 86.5 Å². The fourth-order valence-electron chi connectivity index (χ4n) is 7.93. The van der Waals surface area contributed by atoms with Crippen LogP contribution in [0.4, 0.5) is 17.1 Å². The Hall–Kier alpha value is -7.01. The monoisotopic (exact) mass is 720 g/mol. The van der Waals surface area contributed by atoms with Gasteiger partial charge in [0.05, 0.1) is 10.2 Å². The zero-order valence-electron chi connectivity index (χ0n) is 29.7. The van der Waals surface area contributed by atoms with E-state index in [2.05, 4.69) is 193 Å². The molecule has 0 spiro atoms. The lowest BCUT2D eigenvalue weighted by Gasteiger charge is -2.27. The number of thiazole rings is 1. The lowest BCUT2D eigenvalue weighted by atomic mass is 10.00. The Balaban J connectivity index is 0.995. The van der Waals surface area contributed by atoms with Crippen molar-refractivity contribution in [1.82, 2.24) is 4.98 Å². The van der Waals surface area contributed by atoms with E-state index in [0.29, 0.717) is 0 Å². The van der Waals surface area contributed by atoms with Crippen LogP contribution in [-0.4, -0.2) is 4.98 Å². The third-order valence-electron chi connectivity index (χ3n) is 10.7. The maximum Gasteiger partial charge on any atom is 0.137 e. The van der Waals surface area contributed by atoms with Gasteiger partial charge in [-0.1, -0.05) is 133 Å². The summed E-state index contributed by atoms with van der Waals surface area (Å²) < 4.78 is 7.52. The van der Waals surface area contributed by atoms with Crippen LogP contribution < -0.4 is 4.90 Å². The van der Waals surface area contributed by atoms with Gasteiger partial charge < -0.3 is 9.32 Å². The van der Waals surface area contributed by atoms with Gasteiger partial charge in [-0.15, -0.1) is 11.3 Å². The minimum atomic E-state index is 0.858. The lowest BCUT2D eigenvalue weighted by molar-refractivity contribution is 0.669. The molecule has 0 N–H and O–H groups in total. The molecule has 0 unspecified atom stereocenters. The molecular formula is C51H32N2OS. The van der Waals surface area contributed by atoms with E-state index in [1.54, 1.807) is 11.3 Å². The largest absolute Gasteiger partial charge is 0.456 e. The van der Waals surface area contributed by atoms with Gasteiger partial charge in [0.15, 0.2) is 0 Å². The van der Waals surface area contributed by atoms with Gasteiger partial charge in [0.1, 0.15) is 16.2 Å². The Morgan fingerprint density at radius 2 is 1.02 bits per heavy atom. The molecule has 11 aromatic rings. The molecule has 11 rings (SSSR count). The Kier molecular flexibility index (Phi) is 7.35. The van der Waals surface area contributed by atoms with E-state index in [-0.39, 0.29) is 0 Å². The van der Waals surface area contributed by atoms with Gasteiger partial charge in [0.25, 0.3) is 0 Å². The normalized spacial score (nSPS) is 11.6. The quantitative estimate of drug-likeness (QED) is 0.160. The third kappa shape index (κ3) is 5.54. The second kappa shape index (κ2) is 12.8. The minimum absolute atomic E-state index is 0.858. The molecule has 258 valence electrons. The van der Waals surface area contributed by atoms with Gasteiger partial charge in [-0.3, -0.25) is 0 Å². The summed E-state index contributed by atoms with van der Waals surface area (Å²) in [5, 5.41) is 8.22. The average molecular weight is 721 g/mol. The highest BCUT2D eigenvalue weighted by Gasteiger charge is 2.17. The van der Waals surface area contributed by atoms with Crippen molar-refractivity contribution >= 4 is 82.1 Å². The molecule has 4 heteroatoms. The molecule has 2 aromatic heterocycles. The van der Waals surface area contributed by atoms with Gasteiger partial charge in [-0.2, -0.15) is 0 Å². The number of hydrogen-bond donors (Lipinski definition) is 0. The number of aromatic nitrogens is 1. The summed E-state index contributed by atoms with van der Waals surface area (Å²) in [6, 6.07) is 69.4. The van der Waals surface area contributed by atoms with Crippen molar-refractivity contribution in [3.63, 3.8) is 0 Å². The van der Waals surface area contributed by atoms with E-state index in [1.165, 1.54) is 32.7 Å². The third-order valence-corrected chi connectivity index (χ3v) is 11.7. The van der Waals surface area contributed by atoms with Crippen molar-refractivity contribution in [3.8, 4) is 32.8 Å². The second-order valence-electron chi connectivity index (χ2n) is 14.0. The maximum atomic E-state index is 6.37. The van der Waals surface area contributed by atoms with E-state index in [0.717, 1.165) is 70.9 Å². The molecular weight excluding hydrogens is 689 g/mol. The van der Waals surface area contributed by atoms with E-state index in [9.17, 15) is 0 Å². The molecule has 3 nitrogen and oxygen atoms in total. The zero-order valence-corrected chi connectivity index (χ0v) is 30.5. The molecule has 2 heterocycles. The molecule has 0 fully saturated rings. The van der Waals surface area contributed by atoms with Crippen molar-refractivity contribution in [2.45, 2.75) is 0 Å². The first-order valence-electron chi connectivity index (χ1n) is 18.5. The van der Waals surface area contributed by atoms with Crippen LogP contribution in [0.2, 0.25) is 0 Å². The van der Waals surface area contributed by atoms with E-state index in [4.69, 9.17) is 9.40 Å². The SMILES string of the molecule is c1ccc(-c2cccc(N(c3ccc(-c4ccc5oc6cc7nc(-c8ccccc8)sc7cc6c5c4)cc3)c3ccc4c(ccc5ccccc54)c3)c2)cc1. The van der Waals surface area contributed by atoms with Gasteiger partial charge in [-0.25, -0.2) is 4.98 Å². The molecule has 0 amide bonds. The summed E-state index contributed by atoms with van der Waals surface area (Å²) in [5.74, 6) is 0. The zero-order chi connectivity index (χ0) is 36.3. The van der Waals surface area contributed by atoms with E-state index in [1.807, 2.05) is 6.07 Å². The highest BCUT2D eigenvalue weighted by atomic mass is 32.1. The van der Waals surface area contributed by atoms with Crippen LogP contribution >= 0.6 is 11.3 Å².